The third-order valence-corrected chi connectivity index (χ3v) is 4.35. The van der Waals surface area contributed by atoms with Crippen molar-refractivity contribution < 1.29 is 13.5 Å². The molecule has 0 aliphatic carbocycles. The Balaban J connectivity index is 1.70. The summed E-state index contributed by atoms with van der Waals surface area (Å²) >= 11 is 0. The summed E-state index contributed by atoms with van der Waals surface area (Å²) in [6, 6.07) is 7.82. The first kappa shape index (κ1) is 19.1. The molecule has 3 aromatic heterocycles. The lowest BCUT2D eigenvalue weighted by atomic mass is 10.1. The third-order valence-electron chi connectivity index (χ3n) is 4.35. The Bertz CT molecular complexity index is 1240. The van der Waals surface area contributed by atoms with Gasteiger partial charge in [0.1, 0.15) is 18.0 Å². The average Bonchev–Trinajstić information content (AvgIpc) is 3.39. The molecule has 1 atom stereocenters. The molecule has 0 saturated carbocycles. The number of nitrogens with zero attached hydrogens (tertiary/aromatic N) is 6. The first-order valence-electron chi connectivity index (χ1n) is 8.92. The molecule has 0 amide bonds. The Morgan fingerprint density at radius 2 is 2.03 bits per heavy atom. The highest BCUT2D eigenvalue weighted by molar-refractivity contribution is 5.66. The van der Waals surface area contributed by atoms with Crippen molar-refractivity contribution in [2.24, 2.45) is 0 Å². The van der Waals surface area contributed by atoms with Gasteiger partial charge in [-0.3, -0.25) is 0 Å². The van der Waals surface area contributed by atoms with E-state index >= 15 is 0 Å². The van der Waals surface area contributed by atoms with Crippen LogP contribution >= 0.6 is 0 Å². The van der Waals surface area contributed by atoms with Crippen molar-refractivity contribution in [1.29, 1.82) is 5.26 Å². The molecule has 0 fully saturated rings. The number of hydrogen-bond acceptors (Lipinski definition) is 8. The van der Waals surface area contributed by atoms with E-state index in [0.29, 0.717) is 22.7 Å². The van der Waals surface area contributed by atoms with Crippen molar-refractivity contribution in [1.82, 2.24) is 25.0 Å². The van der Waals surface area contributed by atoms with Crippen molar-refractivity contribution in [3.63, 3.8) is 0 Å². The minimum atomic E-state index is -0.618. The highest BCUT2D eigenvalue weighted by Gasteiger charge is 2.20. The van der Waals surface area contributed by atoms with Gasteiger partial charge >= 0.3 is 0 Å². The fraction of sp³-hybridized carbons (Fsp3) is 0.150. The molecule has 0 aliphatic rings. The second-order valence-corrected chi connectivity index (χ2v) is 6.41. The van der Waals surface area contributed by atoms with Crippen LogP contribution in [0.3, 0.4) is 0 Å². The van der Waals surface area contributed by atoms with E-state index in [1.807, 2.05) is 6.07 Å². The van der Waals surface area contributed by atoms with Crippen LogP contribution in [0.25, 0.3) is 17.0 Å². The number of pyridine rings is 1. The first-order chi connectivity index (χ1) is 14.5. The maximum Gasteiger partial charge on any atom is 0.193 e. The Morgan fingerprint density at radius 3 is 2.77 bits per heavy atom. The van der Waals surface area contributed by atoms with E-state index in [9.17, 15) is 9.65 Å². The minimum Gasteiger partial charge on any atom is -0.482 e. The lowest BCUT2D eigenvalue weighted by molar-refractivity contribution is 0.226. The molecule has 10 heteroatoms. The zero-order valence-corrected chi connectivity index (χ0v) is 16.1. The fourth-order valence-electron chi connectivity index (χ4n) is 3.00. The highest BCUT2D eigenvalue weighted by atomic mass is 19.1. The number of oxazole rings is 1. The van der Waals surface area contributed by atoms with E-state index in [4.69, 9.17) is 14.9 Å². The van der Waals surface area contributed by atoms with Gasteiger partial charge in [0.25, 0.3) is 0 Å². The summed E-state index contributed by atoms with van der Waals surface area (Å²) < 4.78 is 25.5. The van der Waals surface area contributed by atoms with Gasteiger partial charge in [0.2, 0.25) is 0 Å². The van der Waals surface area contributed by atoms with Gasteiger partial charge in [-0.25, -0.2) is 14.4 Å². The molecule has 2 N–H and O–H groups in total. The van der Waals surface area contributed by atoms with Crippen molar-refractivity contribution >= 4 is 5.82 Å². The van der Waals surface area contributed by atoms with Crippen LogP contribution in [0.15, 0.2) is 47.3 Å². The lowest BCUT2D eigenvalue weighted by Gasteiger charge is -2.19. The molecule has 0 aliphatic heterocycles. The SMILES string of the molecule is Cc1nc(C#N)c(-c2cnc(N)c(O[C@H](C)c3cc(F)ccc3-n3nccn3)c2)o1. The number of nitrogens with two attached hydrogens (primary N) is 1. The predicted molar refractivity (Wildman–Crippen MR) is 104 cm³/mol. The maximum absolute atomic E-state index is 13.9. The topological polar surface area (TPSA) is 129 Å². The normalized spacial score (nSPS) is 11.8. The molecule has 0 bridgehead atoms. The van der Waals surface area contributed by atoms with Crippen LogP contribution in [0, 0.1) is 24.1 Å². The summed E-state index contributed by atoms with van der Waals surface area (Å²) in [5, 5.41) is 17.5. The van der Waals surface area contributed by atoms with Gasteiger partial charge in [-0.1, -0.05) is 0 Å². The van der Waals surface area contributed by atoms with Crippen molar-refractivity contribution in [3.8, 4) is 28.8 Å². The molecule has 0 unspecified atom stereocenters. The summed E-state index contributed by atoms with van der Waals surface area (Å²) in [6.45, 7) is 3.39. The number of nitrogen functional groups attached to an aromatic ring is 1. The van der Waals surface area contributed by atoms with Crippen LogP contribution in [0.1, 0.15) is 30.2 Å². The quantitative estimate of drug-likeness (QED) is 0.535. The minimum absolute atomic E-state index is 0.134. The monoisotopic (exact) mass is 405 g/mol. The standard InChI is InChI=1S/C20H16FN7O2/c1-11(15-8-14(21)3-4-17(15)28-25-5-6-26-28)29-18-7-13(10-24-20(18)23)19-16(9-22)27-12(2)30-19/h3-8,10-11H,1-2H3,(H2,23,24)/t11-/m1/s1. The molecular formula is C20H16FN7O2. The van der Waals surface area contributed by atoms with Crippen LogP contribution < -0.4 is 10.5 Å². The Kier molecular flexibility index (Phi) is 4.85. The molecule has 0 saturated heterocycles. The third kappa shape index (κ3) is 3.56. The van der Waals surface area contributed by atoms with Gasteiger partial charge in [-0.05, 0) is 31.2 Å². The van der Waals surface area contributed by atoms with Gasteiger partial charge in [0.05, 0.1) is 18.1 Å². The van der Waals surface area contributed by atoms with E-state index in [2.05, 4.69) is 20.2 Å². The van der Waals surface area contributed by atoms with Crippen LogP contribution in [-0.2, 0) is 0 Å². The number of nitriles is 1. The number of anilines is 1. The lowest BCUT2D eigenvalue weighted by Crippen LogP contribution is -2.11. The fourth-order valence-corrected chi connectivity index (χ4v) is 3.00. The van der Waals surface area contributed by atoms with Crippen LogP contribution in [0.2, 0.25) is 0 Å². The molecule has 3 heterocycles. The molecule has 150 valence electrons. The van der Waals surface area contributed by atoms with Crippen LogP contribution in [-0.4, -0.2) is 25.0 Å². The van der Waals surface area contributed by atoms with Crippen molar-refractivity contribution in [3.05, 3.63) is 65.8 Å². The van der Waals surface area contributed by atoms with Gasteiger partial charge < -0.3 is 14.9 Å². The molecule has 9 nitrogen and oxygen atoms in total. The number of halogens is 1. The average molecular weight is 405 g/mol. The smallest absolute Gasteiger partial charge is 0.193 e. The van der Waals surface area contributed by atoms with Crippen LogP contribution in [0.4, 0.5) is 10.2 Å². The number of benzene rings is 1. The summed E-state index contributed by atoms with van der Waals surface area (Å²) in [6.07, 6.45) is 3.90. The number of aromatic nitrogens is 5. The molecule has 4 rings (SSSR count). The first-order valence-corrected chi connectivity index (χ1v) is 8.92. The molecule has 0 spiro atoms. The number of aryl methyl sites for hydroxylation is 1. The molecule has 4 aromatic rings. The number of ether oxygens (including phenoxy) is 1. The Hall–Kier alpha value is -4.26. The summed E-state index contributed by atoms with van der Waals surface area (Å²) in [5.41, 5.74) is 7.68. The Labute approximate surface area is 170 Å². The van der Waals surface area contributed by atoms with Gasteiger partial charge in [0, 0.05) is 24.2 Å². The number of rotatable bonds is 5. The second-order valence-electron chi connectivity index (χ2n) is 6.41. The van der Waals surface area contributed by atoms with E-state index in [1.165, 1.54) is 35.5 Å². The van der Waals surface area contributed by atoms with Crippen LogP contribution in [0.5, 0.6) is 5.75 Å². The summed E-state index contributed by atoms with van der Waals surface area (Å²) in [7, 11) is 0. The van der Waals surface area contributed by atoms with E-state index in [1.54, 1.807) is 26.0 Å². The number of hydrogen-bond donors (Lipinski definition) is 1. The largest absolute Gasteiger partial charge is 0.482 e. The van der Waals surface area contributed by atoms with E-state index < -0.39 is 11.9 Å². The zero-order chi connectivity index (χ0) is 21.3. The summed E-state index contributed by atoms with van der Waals surface area (Å²) in [4.78, 5) is 9.54. The molecular weight excluding hydrogens is 389 g/mol. The molecule has 30 heavy (non-hydrogen) atoms. The maximum atomic E-state index is 13.9. The second kappa shape index (κ2) is 7.63. The van der Waals surface area contributed by atoms with Gasteiger partial charge in [-0.15, -0.1) is 0 Å². The van der Waals surface area contributed by atoms with Gasteiger partial charge in [0.15, 0.2) is 28.9 Å². The molecule has 1 aromatic carbocycles. The van der Waals surface area contributed by atoms with Crippen molar-refractivity contribution in [2.75, 3.05) is 5.73 Å². The molecule has 0 radical (unpaired) electrons. The van der Waals surface area contributed by atoms with E-state index in [0.717, 1.165) is 0 Å². The van der Waals surface area contributed by atoms with Gasteiger partial charge in [-0.2, -0.15) is 20.3 Å². The summed E-state index contributed by atoms with van der Waals surface area (Å²) in [5.74, 6) is 0.585. The highest BCUT2D eigenvalue weighted by Crippen LogP contribution is 2.33. The van der Waals surface area contributed by atoms with E-state index in [-0.39, 0.29) is 23.0 Å². The zero-order valence-electron chi connectivity index (χ0n) is 16.1. The van der Waals surface area contributed by atoms with Crippen molar-refractivity contribution in [2.45, 2.75) is 20.0 Å². The predicted octanol–water partition coefficient (Wildman–Crippen LogP) is 3.36. The Morgan fingerprint density at radius 1 is 1.27 bits per heavy atom.